The molecular formula is C6HClF5NO2S. The van der Waals surface area contributed by atoms with Crippen LogP contribution in [0.25, 0.3) is 0 Å². The highest BCUT2D eigenvalue weighted by atomic mass is 35.5. The molecule has 0 atom stereocenters. The number of rotatable bonds is 2. The van der Waals surface area contributed by atoms with Crippen LogP contribution in [0.1, 0.15) is 10.7 Å². The van der Waals surface area contributed by atoms with Crippen LogP contribution in [0.15, 0.2) is 0 Å². The summed E-state index contributed by atoms with van der Waals surface area (Å²) in [7, 11) is 0. The summed E-state index contributed by atoms with van der Waals surface area (Å²) in [5.41, 5.74) is -1.60. The van der Waals surface area contributed by atoms with Gasteiger partial charge in [-0.3, -0.25) is 0 Å². The van der Waals surface area contributed by atoms with Crippen LogP contribution in [-0.2, 0) is 16.9 Å². The molecule has 10 heteroatoms. The number of carboxylic acids is 1. The zero-order chi connectivity index (χ0) is 12.7. The van der Waals surface area contributed by atoms with Gasteiger partial charge in [0.15, 0.2) is 10.7 Å². The van der Waals surface area contributed by atoms with E-state index in [-0.39, 0.29) is 11.3 Å². The second kappa shape index (κ2) is 3.81. The molecule has 0 aliphatic rings. The first-order chi connectivity index (χ1) is 7.06. The minimum absolute atomic E-state index is 0.248. The molecule has 0 saturated carbocycles. The molecule has 1 heterocycles. The third-order valence-corrected chi connectivity index (χ3v) is 2.69. The molecule has 1 N–H and O–H groups in total. The largest absolute Gasteiger partial charge is 0.476 e. The average molecular weight is 282 g/mol. The van der Waals surface area contributed by atoms with Crippen molar-refractivity contribution in [2.75, 3.05) is 0 Å². The van der Waals surface area contributed by atoms with E-state index in [9.17, 15) is 26.7 Å². The molecule has 0 aliphatic heterocycles. The lowest BCUT2D eigenvalue weighted by molar-refractivity contribution is -0.167. The van der Waals surface area contributed by atoms with Crippen LogP contribution in [-0.4, -0.2) is 16.1 Å². The van der Waals surface area contributed by atoms with Crippen LogP contribution in [0.4, 0.5) is 22.0 Å². The number of carboxylic acid groups (broad SMARTS) is 1. The van der Waals surface area contributed by atoms with Crippen molar-refractivity contribution in [3.63, 3.8) is 0 Å². The Labute approximate surface area is 93.5 Å². The molecule has 90 valence electrons. The van der Waals surface area contributed by atoms with Crippen LogP contribution >= 0.6 is 22.9 Å². The molecule has 0 aromatic carbocycles. The van der Waals surface area contributed by atoms with Gasteiger partial charge in [0.2, 0.25) is 0 Å². The summed E-state index contributed by atoms with van der Waals surface area (Å²) < 4.78 is 60.9. The smallest absolute Gasteiger partial charge is 0.443 e. The molecule has 1 aromatic heterocycles. The Balaban J connectivity index is 3.28. The van der Waals surface area contributed by atoms with Crippen molar-refractivity contribution >= 4 is 28.9 Å². The van der Waals surface area contributed by atoms with Gasteiger partial charge in [-0.25, -0.2) is 9.78 Å². The number of alkyl halides is 5. The van der Waals surface area contributed by atoms with Crippen LogP contribution in [0.5, 0.6) is 0 Å². The van der Waals surface area contributed by atoms with E-state index in [1.807, 2.05) is 0 Å². The molecule has 1 aromatic rings. The molecule has 0 bridgehead atoms. The summed E-state index contributed by atoms with van der Waals surface area (Å²) in [6.45, 7) is 0. The van der Waals surface area contributed by atoms with E-state index in [0.29, 0.717) is 0 Å². The second-order valence-electron chi connectivity index (χ2n) is 2.52. The highest BCUT2D eigenvalue weighted by molar-refractivity contribution is 7.16. The number of nitrogens with zero attached hydrogens (tertiary/aromatic N) is 1. The fraction of sp³-hybridized carbons (Fsp3) is 0.333. The third-order valence-electron chi connectivity index (χ3n) is 1.39. The van der Waals surface area contributed by atoms with Gasteiger partial charge in [0.05, 0.1) is 0 Å². The Morgan fingerprint density at radius 2 is 1.81 bits per heavy atom. The molecule has 3 nitrogen and oxygen atoms in total. The predicted molar refractivity (Wildman–Crippen MR) is 43.7 cm³/mol. The van der Waals surface area contributed by atoms with Crippen molar-refractivity contribution in [2.45, 2.75) is 12.1 Å². The number of hydrogen-bond donors (Lipinski definition) is 1. The summed E-state index contributed by atoms with van der Waals surface area (Å²) >= 11 is 4.84. The highest BCUT2D eigenvalue weighted by Gasteiger charge is 2.48. The lowest BCUT2D eigenvalue weighted by Gasteiger charge is -2.07. The molecule has 1 rings (SSSR count). The maximum Gasteiger partial charge on any atom is 0.443 e. The quantitative estimate of drug-likeness (QED) is 0.848. The highest BCUT2D eigenvalue weighted by Crippen LogP contribution is 2.41. The maximum absolute atomic E-state index is 12.8. The normalized spacial score (nSPS) is 12.9. The summed E-state index contributed by atoms with van der Waals surface area (Å²) in [5, 5.41) is 6.49. The monoisotopic (exact) mass is 281 g/mol. The zero-order valence-electron chi connectivity index (χ0n) is 6.98. The minimum atomic E-state index is -4.94. The summed E-state index contributed by atoms with van der Waals surface area (Å²) in [5.74, 6) is -7.16. The lowest BCUT2D eigenvalue weighted by atomic mass is 10.3. The first kappa shape index (κ1) is 13.1. The van der Waals surface area contributed by atoms with Crippen molar-refractivity contribution in [1.29, 1.82) is 0 Å². The van der Waals surface area contributed by atoms with E-state index < -0.39 is 33.1 Å². The number of carbonyl (C=O) groups is 1. The molecule has 0 fully saturated rings. The van der Waals surface area contributed by atoms with E-state index in [4.69, 9.17) is 16.7 Å². The first-order valence-corrected chi connectivity index (χ1v) is 4.61. The SMILES string of the molecule is O=C(O)C(F)(F)c1nc(C(F)(F)F)sc1Cl. The Morgan fingerprint density at radius 1 is 1.31 bits per heavy atom. The molecule has 0 radical (unpaired) electrons. The molecule has 16 heavy (non-hydrogen) atoms. The molecule has 0 amide bonds. The van der Waals surface area contributed by atoms with E-state index >= 15 is 0 Å². The Morgan fingerprint density at radius 3 is 2.12 bits per heavy atom. The summed E-state index contributed by atoms with van der Waals surface area (Å²) in [6.07, 6.45) is -4.94. The molecule has 0 aliphatic carbocycles. The molecule has 0 unspecified atom stereocenters. The van der Waals surface area contributed by atoms with E-state index in [2.05, 4.69) is 4.98 Å². The third kappa shape index (κ3) is 2.24. The number of thiazole rings is 1. The van der Waals surface area contributed by atoms with Crippen molar-refractivity contribution in [1.82, 2.24) is 4.98 Å². The van der Waals surface area contributed by atoms with Gasteiger partial charge in [-0.15, -0.1) is 0 Å². The van der Waals surface area contributed by atoms with Crippen molar-refractivity contribution in [2.24, 2.45) is 0 Å². The minimum Gasteiger partial charge on any atom is -0.476 e. The molecule has 0 spiro atoms. The van der Waals surface area contributed by atoms with Gasteiger partial charge in [-0.2, -0.15) is 22.0 Å². The van der Waals surface area contributed by atoms with Crippen LogP contribution in [0, 0.1) is 0 Å². The van der Waals surface area contributed by atoms with Gasteiger partial charge in [-0.05, 0) is 0 Å². The Hall–Kier alpha value is -0.960. The van der Waals surface area contributed by atoms with Crippen LogP contribution < -0.4 is 0 Å². The standard InChI is InChI=1S/C6HClF5NO2S/c7-2-1(5(8,9)4(14)15)13-3(16-2)6(10,11)12/h(H,14,15). The van der Waals surface area contributed by atoms with Crippen molar-refractivity contribution < 1.29 is 31.9 Å². The number of hydrogen-bond acceptors (Lipinski definition) is 3. The molecular weight excluding hydrogens is 281 g/mol. The Kier molecular flexibility index (Phi) is 3.12. The first-order valence-electron chi connectivity index (χ1n) is 3.42. The number of aliphatic carboxylic acids is 1. The maximum atomic E-state index is 12.8. The second-order valence-corrected chi connectivity index (χ2v) is 4.12. The van der Waals surface area contributed by atoms with Crippen LogP contribution in [0.2, 0.25) is 4.34 Å². The summed E-state index contributed by atoms with van der Waals surface area (Å²) in [6, 6.07) is 0. The van der Waals surface area contributed by atoms with Gasteiger partial charge in [0.1, 0.15) is 4.34 Å². The zero-order valence-corrected chi connectivity index (χ0v) is 8.55. The number of halogens is 6. The fourth-order valence-corrected chi connectivity index (χ4v) is 1.79. The Bertz CT molecular complexity index is 429. The van der Waals surface area contributed by atoms with E-state index in [1.165, 1.54) is 0 Å². The number of aromatic nitrogens is 1. The lowest BCUT2D eigenvalue weighted by Crippen LogP contribution is -2.26. The fourth-order valence-electron chi connectivity index (χ4n) is 0.718. The average Bonchev–Trinajstić information content (AvgIpc) is 2.46. The topological polar surface area (TPSA) is 50.2 Å². The summed E-state index contributed by atoms with van der Waals surface area (Å²) in [4.78, 5) is 12.6. The van der Waals surface area contributed by atoms with Gasteiger partial charge < -0.3 is 5.11 Å². The van der Waals surface area contributed by atoms with E-state index in [1.54, 1.807) is 0 Å². The van der Waals surface area contributed by atoms with Crippen molar-refractivity contribution in [3.05, 3.63) is 15.0 Å². The van der Waals surface area contributed by atoms with Gasteiger partial charge >= 0.3 is 18.1 Å². The predicted octanol–water partition coefficient (Wildman–Crippen LogP) is 2.99. The van der Waals surface area contributed by atoms with Gasteiger partial charge in [0, 0.05) is 0 Å². The van der Waals surface area contributed by atoms with Gasteiger partial charge in [0.25, 0.3) is 0 Å². The van der Waals surface area contributed by atoms with Crippen LogP contribution in [0.3, 0.4) is 0 Å². The van der Waals surface area contributed by atoms with Gasteiger partial charge in [-0.1, -0.05) is 22.9 Å². The van der Waals surface area contributed by atoms with E-state index in [0.717, 1.165) is 0 Å². The van der Waals surface area contributed by atoms with Crippen molar-refractivity contribution in [3.8, 4) is 0 Å². The molecule has 0 saturated heterocycles.